The van der Waals surface area contributed by atoms with Crippen LogP contribution in [-0.2, 0) is 0 Å². The van der Waals surface area contributed by atoms with Gasteiger partial charge >= 0.3 is 5.97 Å². The van der Waals surface area contributed by atoms with Crippen LogP contribution in [0.2, 0.25) is 10.0 Å². The molecule has 0 atom stereocenters. The molecule has 0 heterocycles. The van der Waals surface area contributed by atoms with E-state index in [4.69, 9.17) is 32.7 Å². The number of esters is 1. The summed E-state index contributed by atoms with van der Waals surface area (Å²) in [6, 6.07) is 16.4. The second kappa shape index (κ2) is 10.4. The third-order valence-corrected chi connectivity index (χ3v) is 5.15. The second-order valence-corrected chi connectivity index (χ2v) is 7.81. The highest BCUT2D eigenvalue weighted by Gasteiger charge is 2.16. The van der Waals surface area contributed by atoms with E-state index in [1.165, 1.54) is 25.5 Å². The van der Waals surface area contributed by atoms with Crippen LogP contribution in [0.15, 0.2) is 70.2 Å². The predicted molar refractivity (Wildman–Crippen MR) is 124 cm³/mol. The molecule has 0 spiro atoms. The summed E-state index contributed by atoms with van der Waals surface area (Å²) in [5.41, 5.74) is 3.63. The monoisotopic (exact) mass is 520 g/mol. The lowest BCUT2D eigenvalue weighted by Gasteiger charge is -2.12. The number of hydrogen-bond donors (Lipinski definition) is 1. The van der Waals surface area contributed by atoms with Crippen molar-refractivity contribution in [3.63, 3.8) is 0 Å². The highest BCUT2D eigenvalue weighted by molar-refractivity contribution is 9.10. The molecule has 158 valence electrons. The van der Waals surface area contributed by atoms with Crippen molar-refractivity contribution in [1.29, 1.82) is 0 Å². The van der Waals surface area contributed by atoms with Crippen molar-refractivity contribution in [2.24, 2.45) is 5.10 Å². The molecule has 3 aromatic rings. The maximum atomic E-state index is 12.4. The van der Waals surface area contributed by atoms with E-state index in [1.807, 2.05) is 0 Å². The van der Waals surface area contributed by atoms with Gasteiger partial charge in [0.2, 0.25) is 0 Å². The van der Waals surface area contributed by atoms with E-state index in [2.05, 4.69) is 26.5 Å². The summed E-state index contributed by atoms with van der Waals surface area (Å²) in [4.78, 5) is 24.6. The van der Waals surface area contributed by atoms with Crippen molar-refractivity contribution in [2.75, 3.05) is 7.11 Å². The summed E-state index contributed by atoms with van der Waals surface area (Å²) in [7, 11) is 1.45. The molecule has 9 heteroatoms. The van der Waals surface area contributed by atoms with Crippen molar-refractivity contribution < 1.29 is 19.1 Å². The molecule has 0 unspecified atom stereocenters. The fraction of sp³-hybridized carbons (Fsp3) is 0.0455. The third-order valence-electron chi connectivity index (χ3n) is 4.01. The number of benzene rings is 3. The molecule has 0 aliphatic rings. The Kier molecular flexibility index (Phi) is 7.68. The molecule has 0 saturated carbocycles. The van der Waals surface area contributed by atoms with Gasteiger partial charge in [-0.1, -0.05) is 41.4 Å². The summed E-state index contributed by atoms with van der Waals surface area (Å²) in [6.45, 7) is 0. The van der Waals surface area contributed by atoms with Crippen molar-refractivity contribution >= 4 is 57.2 Å². The van der Waals surface area contributed by atoms with Crippen LogP contribution in [0.1, 0.15) is 26.3 Å². The number of carbonyl (C=O) groups is 2. The van der Waals surface area contributed by atoms with Crippen LogP contribution in [0.4, 0.5) is 0 Å². The Balaban J connectivity index is 1.74. The molecule has 0 fully saturated rings. The standard InChI is InChI=1S/C22H15BrCl2N2O4/c1-30-19-10-13(12-26-27-21(28)16-8-7-15(24)11-18(16)25)9-17(23)20(19)31-22(29)14-5-3-2-4-6-14/h2-12H,1H3,(H,27,28)/b26-12-. The first-order valence-electron chi connectivity index (χ1n) is 8.82. The quantitative estimate of drug-likeness (QED) is 0.194. The Morgan fingerprint density at radius 2 is 1.81 bits per heavy atom. The van der Waals surface area contributed by atoms with Crippen LogP contribution < -0.4 is 14.9 Å². The lowest BCUT2D eigenvalue weighted by molar-refractivity contribution is 0.0728. The number of nitrogens with one attached hydrogen (secondary N) is 1. The van der Waals surface area contributed by atoms with E-state index in [9.17, 15) is 9.59 Å². The van der Waals surface area contributed by atoms with Crippen molar-refractivity contribution in [2.45, 2.75) is 0 Å². The van der Waals surface area contributed by atoms with Crippen molar-refractivity contribution in [3.8, 4) is 11.5 Å². The molecule has 1 amide bonds. The van der Waals surface area contributed by atoms with Crippen LogP contribution in [0, 0.1) is 0 Å². The predicted octanol–water partition coefficient (Wildman–Crippen LogP) is 5.75. The topological polar surface area (TPSA) is 77.0 Å². The maximum absolute atomic E-state index is 12.4. The summed E-state index contributed by atoms with van der Waals surface area (Å²) < 4.78 is 11.3. The molecule has 31 heavy (non-hydrogen) atoms. The average Bonchev–Trinajstić information content (AvgIpc) is 2.75. The lowest BCUT2D eigenvalue weighted by atomic mass is 10.2. The zero-order valence-electron chi connectivity index (χ0n) is 16.1. The normalized spacial score (nSPS) is 10.7. The fourth-order valence-corrected chi connectivity index (χ4v) is 3.57. The van der Waals surface area contributed by atoms with Crippen LogP contribution in [-0.4, -0.2) is 25.2 Å². The molecule has 0 aromatic heterocycles. The van der Waals surface area contributed by atoms with Crippen molar-refractivity contribution in [3.05, 3.63) is 91.9 Å². The molecular weight excluding hydrogens is 507 g/mol. The van der Waals surface area contributed by atoms with Gasteiger partial charge in [0.25, 0.3) is 5.91 Å². The first-order valence-corrected chi connectivity index (χ1v) is 10.4. The van der Waals surface area contributed by atoms with E-state index >= 15 is 0 Å². The van der Waals surface area contributed by atoms with Gasteiger partial charge in [0, 0.05) is 5.02 Å². The van der Waals surface area contributed by atoms with Crippen LogP contribution in [0.25, 0.3) is 0 Å². The molecule has 0 saturated heterocycles. The largest absolute Gasteiger partial charge is 0.493 e. The van der Waals surface area contributed by atoms with E-state index in [1.54, 1.807) is 48.5 Å². The summed E-state index contributed by atoms with van der Waals surface area (Å²) in [5.74, 6) is -0.469. The summed E-state index contributed by atoms with van der Waals surface area (Å²) in [6.07, 6.45) is 1.41. The van der Waals surface area contributed by atoms with Gasteiger partial charge in [0.15, 0.2) is 11.5 Å². The van der Waals surface area contributed by atoms with E-state index in [0.29, 0.717) is 26.4 Å². The highest BCUT2D eigenvalue weighted by Crippen LogP contribution is 2.36. The van der Waals surface area contributed by atoms with Gasteiger partial charge in [-0.2, -0.15) is 5.10 Å². The lowest BCUT2D eigenvalue weighted by Crippen LogP contribution is -2.18. The van der Waals surface area contributed by atoms with Crippen LogP contribution in [0.5, 0.6) is 11.5 Å². The number of methoxy groups -OCH3 is 1. The number of amides is 1. The fourth-order valence-electron chi connectivity index (χ4n) is 2.54. The van der Waals surface area contributed by atoms with Crippen LogP contribution in [0.3, 0.4) is 0 Å². The molecule has 3 aromatic carbocycles. The average molecular weight is 522 g/mol. The molecule has 1 N–H and O–H groups in total. The number of carbonyl (C=O) groups excluding carboxylic acids is 2. The van der Waals surface area contributed by atoms with Gasteiger partial charge in [-0.05, 0) is 64.0 Å². The Morgan fingerprint density at radius 1 is 1.06 bits per heavy atom. The number of hydrazone groups is 1. The highest BCUT2D eigenvalue weighted by atomic mass is 79.9. The Hall–Kier alpha value is -2.87. The molecule has 6 nitrogen and oxygen atoms in total. The van der Waals surface area contributed by atoms with Gasteiger partial charge in [-0.3, -0.25) is 4.79 Å². The second-order valence-electron chi connectivity index (χ2n) is 6.11. The van der Waals surface area contributed by atoms with Gasteiger partial charge in [0.1, 0.15) is 0 Å². The first kappa shape index (κ1) is 22.8. The third kappa shape index (κ3) is 5.85. The smallest absolute Gasteiger partial charge is 0.343 e. The summed E-state index contributed by atoms with van der Waals surface area (Å²) in [5, 5.41) is 4.58. The molecule has 0 bridgehead atoms. The van der Waals surface area contributed by atoms with E-state index in [0.717, 1.165) is 0 Å². The Labute approximate surface area is 196 Å². The molecule has 3 rings (SSSR count). The molecular formula is C22H15BrCl2N2O4. The number of ether oxygens (including phenoxy) is 2. The number of rotatable bonds is 6. The Bertz CT molecular complexity index is 1150. The molecule has 0 radical (unpaired) electrons. The minimum Gasteiger partial charge on any atom is -0.493 e. The van der Waals surface area contributed by atoms with E-state index < -0.39 is 11.9 Å². The number of nitrogens with zero attached hydrogens (tertiary/aromatic N) is 1. The van der Waals surface area contributed by atoms with Gasteiger partial charge in [0.05, 0.1) is 33.9 Å². The SMILES string of the molecule is COc1cc(/C=N\NC(=O)c2ccc(Cl)cc2Cl)cc(Br)c1OC(=O)c1ccccc1. The molecule has 0 aliphatic heterocycles. The summed E-state index contributed by atoms with van der Waals surface area (Å²) >= 11 is 15.2. The maximum Gasteiger partial charge on any atom is 0.343 e. The zero-order valence-corrected chi connectivity index (χ0v) is 19.2. The van der Waals surface area contributed by atoms with Crippen molar-refractivity contribution in [1.82, 2.24) is 5.43 Å². The number of hydrogen-bond acceptors (Lipinski definition) is 5. The molecule has 0 aliphatic carbocycles. The first-order chi connectivity index (χ1) is 14.9. The van der Waals surface area contributed by atoms with Gasteiger partial charge in [-0.15, -0.1) is 0 Å². The number of halogens is 3. The van der Waals surface area contributed by atoms with E-state index in [-0.39, 0.29) is 16.3 Å². The minimum absolute atomic E-state index is 0.217. The van der Waals surface area contributed by atoms with Crippen LogP contribution >= 0.6 is 39.1 Å². The van der Waals surface area contributed by atoms with Gasteiger partial charge in [-0.25, -0.2) is 10.2 Å². The van der Waals surface area contributed by atoms with Gasteiger partial charge < -0.3 is 9.47 Å². The zero-order chi connectivity index (χ0) is 22.4. The minimum atomic E-state index is -0.520. The Morgan fingerprint density at radius 3 is 2.48 bits per heavy atom.